The van der Waals surface area contributed by atoms with Gasteiger partial charge >= 0.3 is 0 Å². The zero-order valence-corrected chi connectivity index (χ0v) is 11.6. The van der Waals surface area contributed by atoms with Gasteiger partial charge in [0.1, 0.15) is 0 Å². The third-order valence-corrected chi connectivity index (χ3v) is 3.54. The third kappa shape index (κ3) is 3.96. The van der Waals surface area contributed by atoms with Crippen molar-refractivity contribution in [3.63, 3.8) is 0 Å². The Hall–Kier alpha value is -1.55. The number of nitrogens with two attached hydrogens (primary N) is 1. The molecule has 0 aromatic heterocycles. The topological polar surface area (TPSA) is 58.4 Å². The summed E-state index contributed by atoms with van der Waals surface area (Å²) in [7, 11) is 0. The number of hydrogen-bond acceptors (Lipinski definition) is 3. The number of rotatable bonds is 5. The highest BCUT2D eigenvalue weighted by molar-refractivity contribution is 5.91. The van der Waals surface area contributed by atoms with Crippen molar-refractivity contribution in [1.82, 2.24) is 0 Å². The van der Waals surface area contributed by atoms with Crippen molar-refractivity contribution in [3.8, 4) is 0 Å². The van der Waals surface area contributed by atoms with E-state index in [0.717, 1.165) is 18.8 Å². The van der Waals surface area contributed by atoms with E-state index in [1.54, 1.807) is 0 Å². The summed E-state index contributed by atoms with van der Waals surface area (Å²) >= 11 is 0. The SMILES string of the molecule is CC(CN)CC(=O)Nc1cccc(N2CCCC2)c1. The summed E-state index contributed by atoms with van der Waals surface area (Å²) in [4.78, 5) is 14.2. The maximum absolute atomic E-state index is 11.8. The van der Waals surface area contributed by atoms with E-state index < -0.39 is 0 Å². The Morgan fingerprint density at radius 1 is 1.42 bits per heavy atom. The lowest BCUT2D eigenvalue weighted by molar-refractivity contribution is -0.116. The summed E-state index contributed by atoms with van der Waals surface area (Å²) in [6.45, 7) is 4.75. The Bertz CT molecular complexity index is 427. The lowest BCUT2D eigenvalue weighted by Crippen LogP contribution is -2.21. The highest BCUT2D eigenvalue weighted by Crippen LogP contribution is 2.23. The first-order valence-corrected chi connectivity index (χ1v) is 7.04. The van der Waals surface area contributed by atoms with Crippen molar-refractivity contribution in [2.24, 2.45) is 11.7 Å². The average Bonchev–Trinajstić information content (AvgIpc) is 2.92. The maximum Gasteiger partial charge on any atom is 0.224 e. The molecule has 2 rings (SSSR count). The maximum atomic E-state index is 11.8. The van der Waals surface area contributed by atoms with Crippen molar-refractivity contribution in [2.75, 3.05) is 29.9 Å². The predicted octanol–water partition coefficient (Wildman–Crippen LogP) is 2.21. The van der Waals surface area contributed by atoms with Crippen LogP contribution in [0.4, 0.5) is 11.4 Å². The molecule has 3 N–H and O–H groups in total. The Labute approximate surface area is 115 Å². The molecule has 1 unspecified atom stereocenters. The molecule has 1 aromatic rings. The molecule has 1 saturated heterocycles. The van der Waals surface area contributed by atoms with Crippen LogP contribution < -0.4 is 16.0 Å². The first-order valence-electron chi connectivity index (χ1n) is 7.04. The summed E-state index contributed by atoms with van der Waals surface area (Å²) in [5, 5.41) is 2.95. The van der Waals surface area contributed by atoms with Crippen LogP contribution in [-0.2, 0) is 4.79 Å². The lowest BCUT2D eigenvalue weighted by atomic mass is 10.1. The van der Waals surface area contributed by atoms with E-state index in [1.165, 1.54) is 18.5 Å². The number of carbonyl (C=O) groups is 1. The molecule has 1 heterocycles. The molecule has 1 aliphatic rings. The van der Waals surface area contributed by atoms with E-state index in [9.17, 15) is 4.79 Å². The minimum atomic E-state index is 0.0384. The van der Waals surface area contributed by atoms with E-state index in [2.05, 4.69) is 22.3 Å². The van der Waals surface area contributed by atoms with Gasteiger partial charge in [0.2, 0.25) is 5.91 Å². The van der Waals surface area contributed by atoms with Crippen LogP contribution in [0.15, 0.2) is 24.3 Å². The highest BCUT2D eigenvalue weighted by Gasteiger charge is 2.13. The number of carbonyl (C=O) groups excluding carboxylic acids is 1. The second-order valence-corrected chi connectivity index (χ2v) is 5.34. The van der Waals surface area contributed by atoms with E-state index in [-0.39, 0.29) is 11.8 Å². The number of hydrogen-bond donors (Lipinski definition) is 2. The molecule has 1 amide bonds. The standard InChI is InChI=1S/C15H23N3O/c1-12(11-16)9-15(19)17-13-5-4-6-14(10-13)18-7-2-3-8-18/h4-6,10,12H,2-3,7-9,11,16H2,1H3,(H,17,19). The molecule has 0 saturated carbocycles. The van der Waals surface area contributed by atoms with Gasteiger partial charge in [0.15, 0.2) is 0 Å². The van der Waals surface area contributed by atoms with Crippen molar-refractivity contribution in [2.45, 2.75) is 26.2 Å². The van der Waals surface area contributed by atoms with Crippen molar-refractivity contribution in [3.05, 3.63) is 24.3 Å². The van der Waals surface area contributed by atoms with Crippen LogP contribution in [-0.4, -0.2) is 25.5 Å². The van der Waals surface area contributed by atoms with Gasteiger partial charge in [0.05, 0.1) is 0 Å². The molecule has 0 spiro atoms. The molecular formula is C15H23N3O. The van der Waals surface area contributed by atoms with Gasteiger partial charge in [-0.05, 0) is 43.5 Å². The van der Waals surface area contributed by atoms with Gasteiger partial charge in [-0.1, -0.05) is 13.0 Å². The Morgan fingerprint density at radius 2 is 2.16 bits per heavy atom. The molecule has 19 heavy (non-hydrogen) atoms. The largest absolute Gasteiger partial charge is 0.371 e. The van der Waals surface area contributed by atoms with E-state index >= 15 is 0 Å². The Balaban J connectivity index is 1.96. The molecule has 1 aliphatic heterocycles. The molecular weight excluding hydrogens is 238 g/mol. The Kier molecular flexibility index (Phi) is 4.80. The normalized spacial score (nSPS) is 16.4. The van der Waals surface area contributed by atoms with Crippen LogP contribution in [0.2, 0.25) is 0 Å². The van der Waals surface area contributed by atoms with Gasteiger partial charge < -0.3 is 16.0 Å². The van der Waals surface area contributed by atoms with Gasteiger partial charge in [0, 0.05) is 30.9 Å². The predicted molar refractivity (Wildman–Crippen MR) is 79.4 cm³/mol. The molecule has 4 nitrogen and oxygen atoms in total. The molecule has 4 heteroatoms. The Morgan fingerprint density at radius 3 is 2.84 bits per heavy atom. The molecule has 0 bridgehead atoms. The molecule has 1 aromatic carbocycles. The molecule has 0 aliphatic carbocycles. The smallest absolute Gasteiger partial charge is 0.224 e. The number of amides is 1. The second kappa shape index (κ2) is 6.57. The van der Waals surface area contributed by atoms with Gasteiger partial charge in [0.25, 0.3) is 0 Å². The minimum absolute atomic E-state index is 0.0384. The van der Waals surface area contributed by atoms with Crippen LogP contribution in [0.3, 0.4) is 0 Å². The van der Waals surface area contributed by atoms with Crippen LogP contribution in [0.1, 0.15) is 26.2 Å². The average molecular weight is 261 g/mol. The van der Waals surface area contributed by atoms with Crippen molar-refractivity contribution < 1.29 is 4.79 Å². The molecule has 0 radical (unpaired) electrons. The number of anilines is 2. The van der Waals surface area contributed by atoms with Gasteiger partial charge in [-0.15, -0.1) is 0 Å². The zero-order valence-electron chi connectivity index (χ0n) is 11.6. The molecule has 1 fully saturated rings. The fraction of sp³-hybridized carbons (Fsp3) is 0.533. The number of nitrogens with one attached hydrogen (secondary N) is 1. The summed E-state index contributed by atoms with van der Waals surface area (Å²) < 4.78 is 0. The van der Waals surface area contributed by atoms with Crippen molar-refractivity contribution >= 4 is 17.3 Å². The van der Waals surface area contributed by atoms with Crippen LogP contribution in [0.25, 0.3) is 0 Å². The van der Waals surface area contributed by atoms with Gasteiger partial charge in [-0.2, -0.15) is 0 Å². The summed E-state index contributed by atoms with van der Waals surface area (Å²) in [6.07, 6.45) is 2.99. The fourth-order valence-corrected chi connectivity index (χ4v) is 2.37. The van der Waals surface area contributed by atoms with E-state index in [4.69, 9.17) is 5.73 Å². The first-order chi connectivity index (χ1) is 9.19. The highest BCUT2D eigenvalue weighted by atomic mass is 16.1. The summed E-state index contributed by atoms with van der Waals surface area (Å²) in [6, 6.07) is 8.08. The van der Waals surface area contributed by atoms with Crippen LogP contribution in [0.5, 0.6) is 0 Å². The van der Waals surface area contributed by atoms with E-state index in [0.29, 0.717) is 13.0 Å². The molecule has 104 valence electrons. The zero-order chi connectivity index (χ0) is 13.7. The number of nitrogens with zero attached hydrogens (tertiary/aromatic N) is 1. The van der Waals surface area contributed by atoms with Gasteiger partial charge in [-0.3, -0.25) is 4.79 Å². The molecule has 1 atom stereocenters. The second-order valence-electron chi connectivity index (χ2n) is 5.34. The summed E-state index contributed by atoms with van der Waals surface area (Å²) in [5.41, 5.74) is 7.60. The van der Waals surface area contributed by atoms with Crippen LogP contribution in [0, 0.1) is 5.92 Å². The lowest BCUT2D eigenvalue weighted by Gasteiger charge is -2.18. The minimum Gasteiger partial charge on any atom is -0.371 e. The monoisotopic (exact) mass is 261 g/mol. The first kappa shape index (κ1) is 13.9. The van der Waals surface area contributed by atoms with Gasteiger partial charge in [-0.25, -0.2) is 0 Å². The third-order valence-electron chi connectivity index (χ3n) is 3.54. The van der Waals surface area contributed by atoms with Crippen LogP contribution >= 0.6 is 0 Å². The quantitative estimate of drug-likeness (QED) is 0.854. The van der Waals surface area contributed by atoms with E-state index in [1.807, 2.05) is 19.1 Å². The fourth-order valence-electron chi connectivity index (χ4n) is 2.37. The number of benzene rings is 1. The van der Waals surface area contributed by atoms with Crippen molar-refractivity contribution in [1.29, 1.82) is 0 Å². The summed E-state index contributed by atoms with van der Waals surface area (Å²) in [5.74, 6) is 0.262.